The highest BCUT2D eigenvalue weighted by Crippen LogP contribution is 2.25. The molecule has 0 radical (unpaired) electrons. The van der Waals surface area contributed by atoms with E-state index < -0.39 is 0 Å². The van der Waals surface area contributed by atoms with Gasteiger partial charge in [-0.3, -0.25) is 4.90 Å². The molecule has 1 fully saturated rings. The van der Waals surface area contributed by atoms with Crippen molar-refractivity contribution in [1.82, 2.24) is 4.90 Å². The molecule has 4 heteroatoms. The van der Waals surface area contributed by atoms with Gasteiger partial charge in [0.05, 0.1) is 0 Å². The lowest BCUT2D eigenvalue weighted by atomic mass is 9.98. The standard InChI is InChI=1S/C13H18Br2N2/c1-9-6-11(16)4-5-17(9)8-10-2-3-12(14)13(15)7-10/h2-3,7,9,11H,4-6,8,16H2,1H3. The predicted molar refractivity (Wildman–Crippen MR) is 78.9 cm³/mol. The van der Waals surface area contributed by atoms with Gasteiger partial charge in [-0.25, -0.2) is 0 Å². The predicted octanol–water partition coefficient (Wildman–Crippen LogP) is 3.52. The normalized spacial score (nSPS) is 26.1. The molecular formula is C13H18Br2N2. The summed E-state index contributed by atoms with van der Waals surface area (Å²) in [6, 6.07) is 7.43. The molecule has 94 valence electrons. The van der Waals surface area contributed by atoms with E-state index in [1.54, 1.807) is 0 Å². The molecule has 0 amide bonds. The highest BCUT2D eigenvalue weighted by Gasteiger charge is 2.22. The smallest absolute Gasteiger partial charge is 0.0320 e. The molecule has 0 aliphatic carbocycles. The molecule has 1 aliphatic heterocycles. The monoisotopic (exact) mass is 360 g/mol. The van der Waals surface area contributed by atoms with Crippen molar-refractivity contribution >= 4 is 31.9 Å². The second-order valence-corrected chi connectivity index (χ2v) is 6.56. The average molecular weight is 362 g/mol. The Balaban J connectivity index is 2.02. The first kappa shape index (κ1) is 13.5. The van der Waals surface area contributed by atoms with E-state index in [1.165, 1.54) is 5.56 Å². The van der Waals surface area contributed by atoms with Crippen LogP contribution in [0.25, 0.3) is 0 Å². The van der Waals surface area contributed by atoms with Crippen LogP contribution in [0.2, 0.25) is 0 Å². The van der Waals surface area contributed by atoms with E-state index in [-0.39, 0.29) is 0 Å². The van der Waals surface area contributed by atoms with Gasteiger partial charge in [-0.2, -0.15) is 0 Å². The van der Waals surface area contributed by atoms with Gasteiger partial charge in [0.1, 0.15) is 0 Å². The number of piperidine rings is 1. The molecule has 2 rings (SSSR count). The van der Waals surface area contributed by atoms with Gasteiger partial charge >= 0.3 is 0 Å². The quantitative estimate of drug-likeness (QED) is 0.873. The van der Waals surface area contributed by atoms with E-state index in [2.05, 4.69) is 61.9 Å². The molecule has 2 atom stereocenters. The first-order chi connectivity index (χ1) is 8.06. The zero-order chi connectivity index (χ0) is 12.4. The minimum absolute atomic E-state index is 0.387. The van der Waals surface area contributed by atoms with E-state index in [0.717, 1.165) is 34.9 Å². The van der Waals surface area contributed by atoms with Gasteiger partial charge in [-0.05, 0) is 69.3 Å². The lowest BCUT2D eigenvalue weighted by molar-refractivity contribution is 0.140. The Morgan fingerprint density at radius 1 is 1.35 bits per heavy atom. The van der Waals surface area contributed by atoms with Crippen LogP contribution in [0.15, 0.2) is 27.1 Å². The van der Waals surface area contributed by atoms with E-state index in [4.69, 9.17) is 5.73 Å². The van der Waals surface area contributed by atoms with Crippen LogP contribution in [0.4, 0.5) is 0 Å². The van der Waals surface area contributed by atoms with E-state index in [9.17, 15) is 0 Å². The second-order valence-electron chi connectivity index (χ2n) is 4.85. The summed E-state index contributed by atoms with van der Waals surface area (Å²) < 4.78 is 2.23. The molecule has 2 nitrogen and oxygen atoms in total. The van der Waals surface area contributed by atoms with Gasteiger partial charge in [0.2, 0.25) is 0 Å². The van der Waals surface area contributed by atoms with Gasteiger partial charge in [-0.1, -0.05) is 6.07 Å². The number of rotatable bonds is 2. The van der Waals surface area contributed by atoms with Crippen LogP contribution >= 0.6 is 31.9 Å². The Labute approximate surface area is 120 Å². The van der Waals surface area contributed by atoms with Gasteiger partial charge < -0.3 is 5.73 Å². The fourth-order valence-corrected chi connectivity index (χ4v) is 3.04. The molecule has 1 aliphatic rings. The molecule has 1 saturated heterocycles. The molecule has 0 spiro atoms. The summed E-state index contributed by atoms with van der Waals surface area (Å²) in [5.74, 6) is 0. The van der Waals surface area contributed by atoms with Gasteiger partial charge in [0, 0.05) is 34.1 Å². The maximum Gasteiger partial charge on any atom is 0.0320 e. The summed E-state index contributed by atoms with van der Waals surface area (Å²) in [7, 11) is 0. The van der Waals surface area contributed by atoms with Crippen LogP contribution < -0.4 is 5.73 Å². The molecule has 2 N–H and O–H groups in total. The van der Waals surface area contributed by atoms with Crippen molar-refractivity contribution in [3.05, 3.63) is 32.7 Å². The van der Waals surface area contributed by atoms with Crippen molar-refractivity contribution in [3.63, 3.8) is 0 Å². The van der Waals surface area contributed by atoms with Crippen LogP contribution in [0.1, 0.15) is 25.3 Å². The van der Waals surface area contributed by atoms with Crippen LogP contribution in [0, 0.1) is 0 Å². The number of likely N-dealkylation sites (tertiary alicyclic amines) is 1. The van der Waals surface area contributed by atoms with E-state index in [0.29, 0.717) is 12.1 Å². The number of nitrogens with zero attached hydrogens (tertiary/aromatic N) is 1. The third kappa shape index (κ3) is 3.53. The van der Waals surface area contributed by atoms with Crippen molar-refractivity contribution < 1.29 is 0 Å². The van der Waals surface area contributed by atoms with Crippen LogP contribution in [-0.4, -0.2) is 23.5 Å². The molecule has 0 aromatic heterocycles. The highest BCUT2D eigenvalue weighted by atomic mass is 79.9. The fourth-order valence-electron chi connectivity index (χ4n) is 2.36. The van der Waals surface area contributed by atoms with Gasteiger partial charge in [0.25, 0.3) is 0 Å². The van der Waals surface area contributed by atoms with Crippen molar-refractivity contribution in [2.45, 2.75) is 38.4 Å². The maximum absolute atomic E-state index is 5.98. The summed E-state index contributed by atoms with van der Waals surface area (Å²) in [6.07, 6.45) is 2.22. The Morgan fingerprint density at radius 2 is 2.12 bits per heavy atom. The Morgan fingerprint density at radius 3 is 2.76 bits per heavy atom. The summed E-state index contributed by atoms with van der Waals surface area (Å²) >= 11 is 7.05. The molecule has 1 heterocycles. The number of hydrogen-bond acceptors (Lipinski definition) is 2. The third-order valence-corrected chi connectivity index (χ3v) is 5.30. The average Bonchev–Trinajstić information content (AvgIpc) is 2.27. The number of halogens is 2. The molecule has 1 aromatic rings. The Bertz CT molecular complexity index is 395. The van der Waals surface area contributed by atoms with Crippen LogP contribution in [0.5, 0.6) is 0 Å². The number of nitrogens with two attached hydrogens (primary N) is 1. The van der Waals surface area contributed by atoms with Crippen LogP contribution in [0.3, 0.4) is 0 Å². The third-order valence-electron chi connectivity index (χ3n) is 3.42. The molecule has 1 aromatic carbocycles. The van der Waals surface area contributed by atoms with E-state index in [1.807, 2.05) is 0 Å². The van der Waals surface area contributed by atoms with Gasteiger partial charge in [0.15, 0.2) is 0 Å². The SMILES string of the molecule is CC1CC(N)CCN1Cc1ccc(Br)c(Br)c1. The second kappa shape index (κ2) is 5.83. The zero-order valence-electron chi connectivity index (χ0n) is 10.00. The molecule has 0 saturated carbocycles. The number of benzene rings is 1. The van der Waals surface area contributed by atoms with Crippen molar-refractivity contribution in [3.8, 4) is 0 Å². The number of hydrogen-bond donors (Lipinski definition) is 1. The summed E-state index contributed by atoms with van der Waals surface area (Å²) in [5.41, 5.74) is 7.33. The minimum Gasteiger partial charge on any atom is -0.328 e. The lowest BCUT2D eigenvalue weighted by Gasteiger charge is -2.36. The molecule has 0 bridgehead atoms. The fraction of sp³-hybridized carbons (Fsp3) is 0.538. The first-order valence-electron chi connectivity index (χ1n) is 6.00. The van der Waals surface area contributed by atoms with Crippen molar-refractivity contribution in [2.75, 3.05) is 6.54 Å². The van der Waals surface area contributed by atoms with Crippen molar-refractivity contribution in [2.24, 2.45) is 5.73 Å². The highest BCUT2D eigenvalue weighted by molar-refractivity contribution is 9.13. The largest absolute Gasteiger partial charge is 0.328 e. The maximum atomic E-state index is 5.98. The topological polar surface area (TPSA) is 29.3 Å². The first-order valence-corrected chi connectivity index (χ1v) is 7.58. The molecular weight excluding hydrogens is 344 g/mol. The lowest BCUT2D eigenvalue weighted by Crippen LogP contribution is -2.44. The van der Waals surface area contributed by atoms with Crippen molar-refractivity contribution in [1.29, 1.82) is 0 Å². The van der Waals surface area contributed by atoms with Crippen LogP contribution in [-0.2, 0) is 6.54 Å². The minimum atomic E-state index is 0.387. The summed E-state index contributed by atoms with van der Waals surface area (Å²) in [5, 5.41) is 0. The summed E-state index contributed by atoms with van der Waals surface area (Å²) in [4.78, 5) is 2.51. The summed E-state index contributed by atoms with van der Waals surface area (Å²) in [6.45, 7) is 4.39. The molecule has 17 heavy (non-hydrogen) atoms. The Hall–Kier alpha value is 0.1000. The van der Waals surface area contributed by atoms with E-state index >= 15 is 0 Å². The van der Waals surface area contributed by atoms with Gasteiger partial charge in [-0.15, -0.1) is 0 Å². The zero-order valence-corrected chi connectivity index (χ0v) is 13.2. The molecule has 2 unspecified atom stereocenters. The Kier molecular flexibility index (Phi) is 4.64.